The van der Waals surface area contributed by atoms with Crippen molar-refractivity contribution in [3.63, 3.8) is 0 Å². The van der Waals surface area contributed by atoms with E-state index in [1.165, 1.54) is 12.1 Å². The molecule has 1 aromatic rings. The second kappa shape index (κ2) is 6.20. The average molecular weight is 240 g/mol. The zero-order valence-corrected chi connectivity index (χ0v) is 10.00. The fourth-order valence-corrected chi connectivity index (χ4v) is 1.23. The molecule has 1 amide bonds. The van der Waals surface area contributed by atoms with Crippen LogP contribution in [0.1, 0.15) is 24.2 Å². The van der Waals surface area contributed by atoms with Crippen molar-refractivity contribution in [3.8, 4) is 0 Å². The molecule has 0 saturated heterocycles. The first-order valence-electron chi connectivity index (χ1n) is 5.45. The summed E-state index contributed by atoms with van der Waals surface area (Å²) in [5.41, 5.74) is 5.60. The van der Waals surface area contributed by atoms with Gasteiger partial charge in [0.1, 0.15) is 5.82 Å². The molecule has 0 fully saturated rings. The summed E-state index contributed by atoms with van der Waals surface area (Å²) in [7, 11) is 0. The van der Waals surface area contributed by atoms with Gasteiger partial charge in [-0.3, -0.25) is 4.79 Å². The monoisotopic (exact) mass is 240 g/mol. The summed E-state index contributed by atoms with van der Waals surface area (Å²) >= 11 is 0. The highest BCUT2D eigenvalue weighted by atomic mass is 19.1. The summed E-state index contributed by atoms with van der Waals surface area (Å²) in [4.78, 5) is 11.6. The molecule has 4 nitrogen and oxygen atoms in total. The van der Waals surface area contributed by atoms with Crippen LogP contribution in [-0.2, 0) is 4.74 Å². The molecule has 0 atom stereocenters. The predicted octanol–water partition coefficient (Wildman–Crippen LogP) is 1.56. The highest BCUT2D eigenvalue weighted by molar-refractivity contribution is 5.94. The van der Waals surface area contributed by atoms with E-state index >= 15 is 0 Å². The Labute approximate surface area is 100.0 Å². The van der Waals surface area contributed by atoms with Crippen molar-refractivity contribution in [2.45, 2.75) is 20.0 Å². The minimum absolute atomic E-state index is 0.0321. The van der Waals surface area contributed by atoms with E-state index in [0.29, 0.717) is 13.2 Å². The van der Waals surface area contributed by atoms with Crippen LogP contribution in [0.5, 0.6) is 0 Å². The van der Waals surface area contributed by atoms with E-state index in [4.69, 9.17) is 10.5 Å². The number of rotatable bonds is 5. The van der Waals surface area contributed by atoms with Gasteiger partial charge in [0.2, 0.25) is 0 Å². The van der Waals surface area contributed by atoms with Crippen LogP contribution >= 0.6 is 0 Å². The number of hydrogen-bond donors (Lipinski definition) is 2. The lowest BCUT2D eigenvalue weighted by Crippen LogP contribution is -2.28. The van der Waals surface area contributed by atoms with Crippen molar-refractivity contribution < 1.29 is 13.9 Å². The van der Waals surface area contributed by atoms with Gasteiger partial charge in [-0.1, -0.05) is 0 Å². The number of ether oxygens (including phenoxy) is 1. The van der Waals surface area contributed by atoms with Crippen LogP contribution in [0, 0.1) is 5.82 Å². The van der Waals surface area contributed by atoms with E-state index in [1.54, 1.807) is 0 Å². The largest absolute Gasteiger partial charge is 0.396 e. The first-order chi connectivity index (χ1) is 8.00. The Kier molecular flexibility index (Phi) is 4.90. The van der Waals surface area contributed by atoms with Gasteiger partial charge in [0.15, 0.2) is 0 Å². The van der Waals surface area contributed by atoms with E-state index in [-0.39, 0.29) is 23.3 Å². The number of carbonyl (C=O) groups is 1. The quantitative estimate of drug-likeness (QED) is 0.606. The Balaban J connectivity index is 2.44. The molecule has 94 valence electrons. The van der Waals surface area contributed by atoms with Crippen LogP contribution in [-0.4, -0.2) is 25.2 Å². The molecule has 0 bridgehead atoms. The van der Waals surface area contributed by atoms with Crippen LogP contribution in [0.25, 0.3) is 0 Å². The molecular weight excluding hydrogens is 223 g/mol. The standard InChI is InChI=1S/C12H17FN2O2/c1-8(2)17-6-5-15-12(16)9-3-4-11(14)10(13)7-9/h3-4,7-8H,5-6,14H2,1-2H3,(H,15,16). The van der Waals surface area contributed by atoms with E-state index in [9.17, 15) is 9.18 Å². The van der Waals surface area contributed by atoms with Gasteiger partial charge in [0, 0.05) is 12.1 Å². The number of nitrogen functional groups attached to an aromatic ring is 1. The number of hydrogen-bond acceptors (Lipinski definition) is 3. The second-order valence-electron chi connectivity index (χ2n) is 3.91. The molecule has 0 unspecified atom stereocenters. The number of halogens is 1. The zero-order chi connectivity index (χ0) is 12.8. The number of amides is 1. The smallest absolute Gasteiger partial charge is 0.251 e. The van der Waals surface area contributed by atoms with Crippen LogP contribution in [0.15, 0.2) is 18.2 Å². The summed E-state index contributed by atoms with van der Waals surface area (Å²) in [6.07, 6.45) is 0.126. The molecule has 1 rings (SSSR count). The first kappa shape index (κ1) is 13.4. The lowest BCUT2D eigenvalue weighted by Gasteiger charge is -2.09. The molecule has 5 heteroatoms. The third kappa shape index (κ3) is 4.40. The van der Waals surface area contributed by atoms with Crippen LogP contribution in [0.3, 0.4) is 0 Å². The Hall–Kier alpha value is -1.62. The summed E-state index contributed by atoms with van der Waals surface area (Å²) in [6, 6.07) is 3.97. The molecule has 0 aromatic heterocycles. The first-order valence-corrected chi connectivity index (χ1v) is 5.45. The summed E-state index contributed by atoms with van der Waals surface area (Å²) < 4.78 is 18.4. The molecule has 0 radical (unpaired) electrons. The van der Waals surface area contributed by atoms with E-state index in [0.717, 1.165) is 6.07 Å². The molecule has 17 heavy (non-hydrogen) atoms. The topological polar surface area (TPSA) is 64.3 Å². The fourth-order valence-electron chi connectivity index (χ4n) is 1.23. The average Bonchev–Trinajstić information content (AvgIpc) is 2.27. The number of carbonyl (C=O) groups excluding carboxylic acids is 1. The fraction of sp³-hybridized carbons (Fsp3) is 0.417. The number of benzene rings is 1. The third-order valence-corrected chi connectivity index (χ3v) is 2.10. The van der Waals surface area contributed by atoms with Crippen LogP contribution in [0.2, 0.25) is 0 Å². The lowest BCUT2D eigenvalue weighted by molar-refractivity contribution is 0.0746. The van der Waals surface area contributed by atoms with E-state index in [1.807, 2.05) is 13.8 Å². The Bertz CT molecular complexity index is 394. The van der Waals surface area contributed by atoms with Crippen molar-refractivity contribution in [1.82, 2.24) is 5.32 Å². The van der Waals surface area contributed by atoms with E-state index in [2.05, 4.69) is 5.32 Å². The van der Waals surface area contributed by atoms with Gasteiger partial charge in [0.25, 0.3) is 5.91 Å². The predicted molar refractivity (Wildman–Crippen MR) is 64.2 cm³/mol. The van der Waals surface area contributed by atoms with Gasteiger partial charge in [-0.25, -0.2) is 4.39 Å². The van der Waals surface area contributed by atoms with Gasteiger partial charge in [-0.2, -0.15) is 0 Å². The molecule has 1 aromatic carbocycles. The molecule has 0 aliphatic carbocycles. The highest BCUT2D eigenvalue weighted by Gasteiger charge is 2.07. The number of nitrogens with one attached hydrogen (secondary N) is 1. The molecule has 0 aliphatic rings. The van der Waals surface area contributed by atoms with Gasteiger partial charge in [-0.05, 0) is 32.0 Å². The molecule has 3 N–H and O–H groups in total. The zero-order valence-electron chi connectivity index (χ0n) is 10.00. The van der Waals surface area contributed by atoms with Gasteiger partial charge >= 0.3 is 0 Å². The minimum atomic E-state index is -0.587. The maximum atomic E-state index is 13.1. The maximum Gasteiger partial charge on any atom is 0.251 e. The summed E-state index contributed by atoms with van der Waals surface area (Å²) in [5, 5.41) is 2.63. The van der Waals surface area contributed by atoms with Gasteiger partial charge in [0.05, 0.1) is 18.4 Å². The minimum Gasteiger partial charge on any atom is -0.396 e. The Morgan fingerprint density at radius 3 is 2.82 bits per heavy atom. The van der Waals surface area contributed by atoms with Crippen molar-refractivity contribution in [2.24, 2.45) is 0 Å². The molecule has 0 aliphatic heterocycles. The number of anilines is 1. The summed E-state index contributed by atoms with van der Waals surface area (Å²) in [5.74, 6) is -0.924. The van der Waals surface area contributed by atoms with Gasteiger partial charge < -0.3 is 15.8 Å². The second-order valence-corrected chi connectivity index (χ2v) is 3.91. The van der Waals surface area contributed by atoms with Crippen molar-refractivity contribution in [2.75, 3.05) is 18.9 Å². The molecule has 0 heterocycles. The van der Waals surface area contributed by atoms with Crippen molar-refractivity contribution in [1.29, 1.82) is 0 Å². The van der Waals surface area contributed by atoms with Crippen molar-refractivity contribution in [3.05, 3.63) is 29.6 Å². The maximum absolute atomic E-state index is 13.1. The van der Waals surface area contributed by atoms with Crippen LogP contribution in [0.4, 0.5) is 10.1 Å². The van der Waals surface area contributed by atoms with Gasteiger partial charge in [-0.15, -0.1) is 0 Å². The molecule has 0 saturated carbocycles. The third-order valence-electron chi connectivity index (χ3n) is 2.10. The Morgan fingerprint density at radius 1 is 1.53 bits per heavy atom. The van der Waals surface area contributed by atoms with E-state index < -0.39 is 5.82 Å². The Morgan fingerprint density at radius 2 is 2.24 bits per heavy atom. The SMILES string of the molecule is CC(C)OCCNC(=O)c1ccc(N)c(F)c1. The molecular formula is C12H17FN2O2. The highest BCUT2D eigenvalue weighted by Crippen LogP contribution is 2.11. The summed E-state index contributed by atoms with van der Waals surface area (Å²) in [6.45, 7) is 4.65. The number of nitrogens with two attached hydrogens (primary N) is 1. The van der Waals surface area contributed by atoms with Crippen molar-refractivity contribution >= 4 is 11.6 Å². The molecule has 0 spiro atoms. The lowest BCUT2D eigenvalue weighted by atomic mass is 10.2. The van der Waals surface area contributed by atoms with Crippen LogP contribution < -0.4 is 11.1 Å². The normalized spacial score (nSPS) is 10.6.